The van der Waals surface area contributed by atoms with Crippen molar-refractivity contribution < 1.29 is 19.1 Å². The number of nitrogens with one attached hydrogen (secondary N) is 2. The normalized spacial score (nSPS) is 10.4. The minimum absolute atomic E-state index is 0.0825. The summed E-state index contributed by atoms with van der Waals surface area (Å²) in [5.41, 5.74) is 2.04. The van der Waals surface area contributed by atoms with Crippen LogP contribution in [0.5, 0.6) is 0 Å². The number of thiazole rings is 1. The van der Waals surface area contributed by atoms with E-state index < -0.39 is 5.97 Å². The molecule has 144 valence electrons. The summed E-state index contributed by atoms with van der Waals surface area (Å²) < 4.78 is 4.65. The van der Waals surface area contributed by atoms with E-state index in [0.717, 1.165) is 16.9 Å². The Labute approximate surface area is 169 Å². The molecule has 0 saturated heterocycles. The van der Waals surface area contributed by atoms with Gasteiger partial charge in [0.05, 0.1) is 24.3 Å². The Bertz CT molecular complexity index is 870. The van der Waals surface area contributed by atoms with Crippen LogP contribution in [0.2, 0.25) is 5.02 Å². The number of thioether (sulfide) groups is 1. The first kappa shape index (κ1) is 21.2. The molecule has 10 heteroatoms. The molecule has 2 aromatic rings. The first-order valence-corrected chi connectivity index (χ1v) is 10.1. The van der Waals surface area contributed by atoms with Crippen molar-refractivity contribution in [2.24, 2.45) is 0 Å². The van der Waals surface area contributed by atoms with Crippen LogP contribution in [0.15, 0.2) is 18.2 Å². The lowest BCUT2D eigenvalue weighted by atomic mass is 10.2. The number of ether oxygens (including phenoxy) is 1. The van der Waals surface area contributed by atoms with E-state index in [0.29, 0.717) is 26.4 Å². The highest BCUT2D eigenvalue weighted by Crippen LogP contribution is 2.23. The van der Waals surface area contributed by atoms with Gasteiger partial charge in [-0.2, -0.15) is 0 Å². The summed E-state index contributed by atoms with van der Waals surface area (Å²) in [5.74, 6) is -0.801. The third-order valence-electron chi connectivity index (χ3n) is 3.34. The number of nitrogens with zero attached hydrogens (tertiary/aromatic N) is 1. The van der Waals surface area contributed by atoms with Crippen molar-refractivity contribution in [3.05, 3.63) is 39.4 Å². The number of benzene rings is 1. The zero-order valence-electron chi connectivity index (χ0n) is 14.9. The zero-order chi connectivity index (χ0) is 20.0. The minimum atomic E-state index is -0.492. The number of halogens is 1. The molecular formula is C17H18ClN3O4S2. The van der Waals surface area contributed by atoms with Crippen LogP contribution in [0, 0.1) is 13.8 Å². The van der Waals surface area contributed by atoms with Crippen LogP contribution >= 0.6 is 34.7 Å². The maximum absolute atomic E-state index is 12.0. The summed E-state index contributed by atoms with van der Waals surface area (Å²) in [5, 5.41) is 6.31. The van der Waals surface area contributed by atoms with Crippen molar-refractivity contribution in [1.29, 1.82) is 0 Å². The van der Waals surface area contributed by atoms with Gasteiger partial charge in [-0.1, -0.05) is 22.9 Å². The van der Waals surface area contributed by atoms with Gasteiger partial charge >= 0.3 is 5.97 Å². The molecule has 0 fully saturated rings. The summed E-state index contributed by atoms with van der Waals surface area (Å²) in [7, 11) is 1.28. The van der Waals surface area contributed by atoms with Crippen LogP contribution < -0.4 is 10.6 Å². The molecule has 2 rings (SSSR count). The predicted molar refractivity (Wildman–Crippen MR) is 109 cm³/mol. The van der Waals surface area contributed by atoms with Crippen LogP contribution in [-0.2, 0) is 14.3 Å². The molecule has 1 aromatic heterocycles. The van der Waals surface area contributed by atoms with Crippen molar-refractivity contribution in [1.82, 2.24) is 4.98 Å². The number of carbonyl (C=O) groups excluding carboxylic acids is 3. The molecular weight excluding hydrogens is 410 g/mol. The van der Waals surface area contributed by atoms with Gasteiger partial charge in [-0.05, 0) is 37.6 Å². The standard InChI is InChI=1S/C17H18ClN3O4S2/c1-9-6-11(18)4-5-12(9)20-13(22)7-26-8-14(23)21-17-19-10(2)15(27-17)16(24)25-3/h4-6H,7-8H2,1-3H3,(H,20,22)(H,19,21,23). The molecule has 0 radical (unpaired) electrons. The summed E-state index contributed by atoms with van der Waals surface area (Å²) in [6.45, 7) is 3.51. The van der Waals surface area contributed by atoms with E-state index in [9.17, 15) is 14.4 Å². The van der Waals surface area contributed by atoms with E-state index in [-0.39, 0.29) is 23.3 Å². The lowest BCUT2D eigenvalue weighted by molar-refractivity contribution is -0.114. The lowest BCUT2D eigenvalue weighted by Crippen LogP contribution is -2.18. The average molecular weight is 428 g/mol. The summed E-state index contributed by atoms with van der Waals surface area (Å²) in [6, 6.07) is 5.19. The molecule has 0 aliphatic heterocycles. The van der Waals surface area contributed by atoms with Crippen LogP contribution in [0.1, 0.15) is 20.9 Å². The van der Waals surface area contributed by atoms with Gasteiger partial charge in [0.25, 0.3) is 0 Å². The van der Waals surface area contributed by atoms with Crippen molar-refractivity contribution in [2.75, 3.05) is 29.2 Å². The first-order valence-electron chi connectivity index (χ1n) is 7.79. The topological polar surface area (TPSA) is 97.4 Å². The highest BCUT2D eigenvalue weighted by molar-refractivity contribution is 8.00. The Balaban J connectivity index is 1.79. The third kappa shape index (κ3) is 6.23. The number of anilines is 2. The fraction of sp³-hybridized carbons (Fsp3) is 0.294. The molecule has 27 heavy (non-hydrogen) atoms. The fourth-order valence-electron chi connectivity index (χ4n) is 2.08. The second-order valence-electron chi connectivity index (χ2n) is 5.47. The average Bonchev–Trinajstić information content (AvgIpc) is 2.96. The van der Waals surface area contributed by atoms with E-state index in [1.807, 2.05) is 6.92 Å². The Hall–Kier alpha value is -2.10. The van der Waals surface area contributed by atoms with Gasteiger partial charge in [0.2, 0.25) is 11.8 Å². The predicted octanol–water partition coefficient (Wildman–Crippen LogP) is 3.51. The first-order chi connectivity index (χ1) is 12.8. The highest BCUT2D eigenvalue weighted by Gasteiger charge is 2.17. The second-order valence-corrected chi connectivity index (χ2v) is 7.89. The molecule has 0 aliphatic rings. The van der Waals surface area contributed by atoms with E-state index in [1.165, 1.54) is 18.9 Å². The molecule has 2 N–H and O–H groups in total. The molecule has 7 nitrogen and oxygen atoms in total. The molecule has 0 spiro atoms. The number of esters is 1. The minimum Gasteiger partial charge on any atom is -0.465 e. The van der Waals surface area contributed by atoms with Crippen molar-refractivity contribution in [2.45, 2.75) is 13.8 Å². The van der Waals surface area contributed by atoms with E-state index in [1.54, 1.807) is 25.1 Å². The number of aryl methyl sites for hydroxylation is 2. The lowest BCUT2D eigenvalue weighted by Gasteiger charge is -2.08. The van der Waals surface area contributed by atoms with Crippen molar-refractivity contribution in [3.63, 3.8) is 0 Å². The summed E-state index contributed by atoms with van der Waals surface area (Å²) in [4.78, 5) is 40.0. The third-order valence-corrected chi connectivity index (χ3v) is 5.56. The van der Waals surface area contributed by atoms with E-state index in [2.05, 4.69) is 20.4 Å². The number of hydrogen-bond donors (Lipinski definition) is 2. The van der Waals surface area contributed by atoms with Crippen LogP contribution in [0.3, 0.4) is 0 Å². The summed E-state index contributed by atoms with van der Waals surface area (Å²) in [6.07, 6.45) is 0. The molecule has 2 amide bonds. The Morgan fingerprint density at radius 3 is 2.48 bits per heavy atom. The maximum atomic E-state index is 12.0. The Morgan fingerprint density at radius 2 is 1.85 bits per heavy atom. The van der Waals surface area contributed by atoms with Gasteiger partial charge in [0, 0.05) is 10.7 Å². The SMILES string of the molecule is COC(=O)c1sc(NC(=O)CSCC(=O)Nc2ccc(Cl)cc2C)nc1C. The number of rotatable bonds is 7. The smallest absolute Gasteiger partial charge is 0.350 e. The molecule has 0 aliphatic carbocycles. The molecule has 0 saturated carbocycles. The Morgan fingerprint density at radius 1 is 1.19 bits per heavy atom. The number of amides is 2. The number of methoxy groups -OCH3 is 1. The largest absolute Gasteiger partial charge is 0.465 e. The Kier molecular flexibility index (Phi) is 7.64. The molecule has 1 heterocycles. The molecule has 1 aromatic carbocycles. The monoisotopic (exact) mass is 427 g/mol. The second kappa shape index (κ2) is 9.72. The van der Waals surface area contributed by atoms with Gasteiger partial charge in [-0.3, -0.25) is 9.59 Å². The zero-order valence-corrected chi connectivity index (χ0v) is 17.3. The van der Waals surface area contributed by atoms with E-state index >= 15 is 0 Å². The van der Waals surface area contributed by atoms with Gasteiger partial charge in [0.1, 0.15) is 4.88 Å². The summed E-state index contributed by atoms with van der Waals surface area (Å²) >= 11 is 8.11. The quantitative estimate of drug-likeness (QED) is 0.656. The number of carbonyl (C=O) groups is 3. The van der Waals surface area contributed by atoms with Crippen LogP contribution in [-0.4, -0.2) is 41.4 Å². The number of hydrogen-bond acceptors (Lipinski definition) is 7. The van der Waals surface area contributed by atoms with Gasteiger partial charge in [-0.15, -0.1) is 11.8 Å². The molecule has 0 atom stereocenters. The van der Waals surface area contributed by atoms with E-state index in [4.69, 9.17) is 11.6 Å². The van der Waals surface area contributed by atoms with Crippen molar-refractivity contribution >= 4 is 63.3 Å². The van der Waals surface area contributed by atoms with Crippen LogP contribution in [0.25, 0.3) is 0 Å². The molecule has 0 unspecified atom stereocenters. The number of aromatic nitrogens is 1. The molecule has 0 bridgehead atoms. The van der Waals surface area contributed by atoms with Crippen molar-refractivity contribution in [3.8, 4) is 0 Å². The van der Waals surface area contributed by atoms with Gasteiger partial charge in [0.15, 0.2) is 5.13 Å². The van der Waals surface area contributed by atoms with Gasteiger partial charge < -0.3 is 15.4 Å². The highest BCUT2D eigenvalue weighted by atomic mass is 35.5. The fourth-order valence-corrected chi connectivity index (χ4v) is 3.82. The maximum Gasteiger partial charge on any atom is 0.350 e. The van der Waals surface area contributed by atoms with Gasteiger partial charge in [-0.25, -0.2) is 9.78 Å². The van der Waals surface area contributed by atoms with Crippen LogP contribution in [0.4, 0.5) is 10.8 Å².